The molecule has 92 valence electrons. The Hall–Kier alpha value is -1.84. The number of esters is 1. The molecule has 0 atom stereocenters. The molecule has 0 bridgehead atoms. The van der Waals surface area contributed by atoms with Gasteiger partial charge in [-0.3, -0.25) is 4.79 Å². The van der Waals surface area contributed by atoms with E-state index in [0.717, 1.165) is 0 Å². The van der Waals surface area contributed by atoms with Crippen LogP contribution in [0.4, 0.5) is 0 Å². The first-order valence-corrected chi connectivity index (χ1v) is 5.51. The van der Waals surface area contributed by atoms with Gasteiger partial charge in [-0.05, 0) is 25.1 Å². The Morgan fingerprint density at radius 3 is 2.53 bits per heavy atom. The van der Waals surface area contributed by atoms with E-state index in [1.807, 2.05) is 0 Å². The van der Waals surface area contributed by atoms with Crippen LogP contribution in [0.2, 0.25) is 0 Å². The second-order valence-corrected chi connectivity index (χ2v) is 3.97. The van der Waals surface area contributed by atoms with Crippen LogP contribution in [0.5, 0.6) is 5.75 Å². The van der Waals surface area contributed by atoms with Crippen LogP contribution >= 0.6 is 0 Å². The standard InChI is InChI=1S/C13H16O4/c1-4-17-13(16)9-5-6-11(14)10(7-9)12(15)8(2)3/h5-8,14H,4H2,1-3H3. The average Bonchev–Trinajstić information content (AvgIpc) is 2.28. The number of carbonyl (C=O) groups is 2. The summed E-state index contributed by atoms with van der Waals surface area (Å²) >= 11 is 0. The minimum Gasteiger partial charge on any atom is -0.507 e. The lowest BCUT2D eigenvalue weighted by molar-refractivity contribution is 0.0526. The minimum absolute atomic E-state index is 0.114. The number of hydrogen-bond donors (Lipinski definition) is 1. The summed E-state index contributed by atoms with van der Waals surface area (Å²) in [6, 6.07) is 4.14. The fourth-order valence-electron chi connectivity index (χ4n) is 1.39. The molecule has 1 N–H and O–H groups in total. The Morgan fingerprint density at radius 2 is 2.00 bits per heavy atom. The van der Waals surface area contributed by atoms with Gasteiger partial charge in [0.2, 0.25) is 0 Å². The summed E-state index contributed by atoms with van der Waals surface area (Å²) in [5.74, 6) is -1.05. The zero-order chi connectivity index (χ0) is 13.0. The minimum atomic E-state index is -0.495. The Labute approximate surface area is 100 Å². The largest absolute Gasteiger partial charge is 0.507 e. The van der Waals surface area contributed by atoms with Gasteiger partial charge in [-0.2, -0.15) is 0 Å². The van der Waals surface area contributed by atoms with Crippen molar-refractivity contribution in [1.29, 1.82) is 0 Å². The van der Waals surface area contributed by atoms with Crippen molar-refractivity contribution in [2.45, 2.75) is 20.8 Å². The Kier molecular flexibility index (Phi) is 4.26. The molecular weight excluding hydrogens is 220 g/mol. The Morgan fingerprint density at radius 1 is 1.35 bits per heavy atom. The predicted molar refractivity (Wildman–Crippen MR) is 63.2 cm³/mol. The summed E-state index contributed by atoms with van der Waals surface area (Å²) in [6.07, 6.45) is 0. The molecule has 4 nitrogen and oxygen atoms in total. The van der Waals surface area contributed by atoms with E-state index in [1.54, 1.807) is 20.8 Å². The number of phenols is 1. The number of hydrogen-bond acceptors (Lipinski definition) is 4. The van der Waals surface area contributed by atoms with Crippen LogP contribution in [0.1, 0.15) is 41.5 Å². The summed E-state index contributed by atoms with van der Waals surface area (Å²) in [6.45, 7) is 5.45. The van der Waals surface area contributed by atoms with E-state index in [-0.39, 0.29) is 35.2 Å². The first-order valence-electron chi connectivity index (χ1n) is 5.51. The molecular formula is C13H16O4. The van der Waals surface area contributed by atoms with Gasteiger partial charge in [0.05, 0.1) is 17.7 Å². The predicted octanol–water partition coefficient (Wildman–Crippen LogP) is 2.41. The SMILES string of the molecule is CCOC(=O)c1ccc(O)c(C(=O)C(C)C)c1. The smallest absolute Gasteiger partial charge is 0.338 e. The highest BCUT2D eigenvalue weighted by Crippen LogP contribution is 2.22. The normalized spacial score (nSPS) is 10.4. The second kappa shape index (κ2) is 5.48. The lowest BCUT2D eigenvalue weighted by Crippen LogP contribution is -2.10. The van der Waals surface area contributed by atoms with Crippen LogP contribution in [-0.2, 0) is 4.74 Å². The van der Waals surface area contributed by atoms with Gasteiger partial charge in [0.25, 0.3) is 0 Å². The number of carbonyl (C=O) groups excluding carboxylic acids is 2. The lowest BCUT2D eigenvalue weighted by Gasteiger charge is -2.08. The number of ketones is 1. The molecule has 0 spiro atoms. The quantitative estimate of drug-likeness (QED) is 0.644. The number of Topliss-reactive ketones (excluding diaryl/α,β-unsaturated/α-hetero) is 1. The molecule has 1 rings (SSSR count). The lowest BCUT2D eigenvalue weighted by atomic mass is 9.98. The maximum atomic E-state index is 11.8. The highest BCUT2D eigenvalue weighted by molar-refractivity contribution is 6.02. The summed E-state index contributed by atoms with van der Waals surface area (Å²) < 4.78 is 4.83. The summed E-state index contributed by atoms with van der Waals surface area (Å²) in [5.41, 5.74) is 0.430. The molecule has 0 aliphatic heterocycles. The molecule has 0 saturated carbocycles. The van der Waals surface area contributed by atoms with E-state index in [1.165, 1.54) is 18.2 Å². The van der Waals surface area contributed by atoms with E-state index in [2.05, 4.69) is 0 Å². The van der Waals surface area contributed by atoms with Gasteiger partial charge in [0.15, 0.2) is 5.78 Å². The molecule has 1 aromatic carbocycles. The van der Waals surface area contributed by atoms with Crippen LogP contribution in [0.25, 0.3) is 0 Å². The van der Waals surface area contributed by atoms with Crippen molar-refractivity contribution in [3.63, 3.8) is 0 Å². The van der Waals surface area contributed by atoms with E-state index in [0.29, 0.717) is 0 Å². The second-order valence-electron chi connectivity index (χ2n) is 3.97. The summed E-state index contributed by atoms with van der Waals surface area (Å²) in [7, 11) is 0. The Bertz CT molecular complexity index is 435. The van der Waals surface area contributed by atoms with E-state index in [9.17, 15) is 14.7 Å². The van der Waals surface area contributed by atoms with Gasteiger partial charge >= 0.3 is 5.97 Å². The molecule has 0 radical (unpaired) electrons. The van der Waals surface area contributed by atoms with Gasteiger partial charge in [0.1, 0.15) is 5.75 Å². The molecule has 0 fully saturated rings. The van der Waals surface area contributed by atoms with Crippen LogP contribution in [0, 0.1) is 5.92 Å². The van der Waals surface area contributed by atoms with Crippen molar-refractivity contribution < 1.29 is 19.4 Å². The monoisotopic (exact) mass is 236 g/mol. The zero-order valence-electron chi connectivity index (χ0n) is 10.2. The zero-order valence-corrected chi connectivity index (χ0v) is 10.2. The number of rotatable bonds is 4. The first-order chi connectivity index (χ1) is 7.97. The van der Waals surface area contributed by atoms with Gasteiger partial charge in [-0.25, -0.2) is 4.79 Å². The summed E-state index contributed by atoms with van der Waals surface area (Å²) in [5, 5.41) is 9.59. The van der Waals surface area contributed by atoms with Crippen LogP contribution in [0.3, 0.4) is 0 Å². The number of phenolic OH excluding ortho intramolecular Hbond substituents is 1. The first kappa shape index (κ1) is 13.2. The number of ether oxygens (including phenoxy) is 1. The third kappa shape index (κ3) is 3.06. The van der Waals surface area contributed by atoms with Crippen molar-refractivity contribution in [2.75, 3.05) is 6.61 Å². The average molecular weight is 236 g/mol. The molecule has 17 heavy (non-hydrogen) atoms. The molecule has 0 amide bonds. The third-order valence-corrected chi connectivity index (χ3v) is 2.30. The Balaban J connectivity index is 3.10. The molecule has 1 aromatic rings. The van der Waals surface area contributed by atoms with Crippen LogP contribution in [-0.4, -0.2) is 23.5 Å². The van der Waals surface area contributed by atoms with Crippen LogP contribution < -0.4 is 0 Å². The van der Waals surface area contributed by atoms with Crippen LogP contribution in [0.15, 0.2) is 18.2 Å². The number of aromatic hydroxyl groups is 1. The summed E-state index contributed by atoms with van der Waals surface area (Å²) in [4.78, 5) is 23.3. The molecule has 0 aromatic heterocycles. The van der Waals surface area contributed by atoms with Crippen molar-refractivity contribution in [3.8, 4) is 5.75 Å². The third-order valence-electron chi connectivity index (χ3n) is 2.30. The van der Waals surface area contributed by atoms with Crippen molar-refractivity contribution in [1.82, 2.24) is 0 Å². The van der Waals surface area contributed by atoms with E-state index >= 15 is 0 Å². The van der Waals surface area contributed by atoms with Crippen molar-refractivity contribution >= 4 is 11.8 Å². The molecule has 0 heterocycles. The molecule has 4 heteroatoms. The highest BCUT2D eigenvalue weighted by Gasteiger charge is 2.17. The highest BCUT2D eigenvalue weighted by atomic mass is 16.5. The number of benzene rings is 1. The van der Waals surface area contributed by atoms with Gasteiger partial charge < -0.3 is 9.84 Å². The van der Waals surface area contributed by atoms with Crippen molar-refractivity contribution in [2.24, 2.45) is 5.92 Å². The van der Waals surface area contributed by atoms with E-state index < -0.39 is 5.97 Å². The fourth-order valence-corrected chi connectivity index (χ4v) is 1.39. The molecule has 0 unspecified atom stereocenters. The van der Waals surface area contributed by atoms with Gasteiger partial charge in [-0.1, -0.05) is 13.8 Å². The van der Waals surface area contributed by atoms with E-state index in [4.69, 9.17) is 4.74 Å². The molecule has 0 aliphatic rings. The molecule has 0 aliphatic carbocycles. The topological polar surface area (TPSA) is 63.6 Å². The van der Waals surface area contributed by atoms with Gasteiger partial charge in [0, 0.05) is 5.92 Å². The maximum Gasteiger partial charge on any atom is 0.338 e. The maximum absolute atomic E-state index is 11.8. The van der Waals surface area contributed by atoms with Gasteiger partial charge in [-0.15, -0.1) is 0 Å². The van der Waals surface area contributed by atoms with Crippen molar-refractivity contribution in [3.05, 3.63) is 29.3 Å². The fraction of sp³-hybridized carbons (Fsp3) is 0.385. The molecule has 0 saturated heterocycles.